The largest absolute Gasteiger partial charge is 0.494 e. The highest BCUT2D eigenvalue weighted by Crippen LogP contribution is 2.21. The Balaban J connectivity index is 2.46. The standard InChI is InChI=1S/C11H17NOS/c1-3-13-10-4-6-11(7-5-10)14-8-9(2)12/h4-7,9H,3,8,12H2,1-2H3. The molecule has 0 aromatic heterocycles. The van der Waals surface area contributed by atoms with E-state index in [9.17, 15) is 0 Å². The molecule has 2 N–H and O–H groups in total. The summed E-state index contributed by atoms with van der Waals surface area (Å²) in [5.41, 5.74) is 5.67. The van der Waals surface area contributed by atoms with Gasteiger partial charge in [0.2, 0.25) is 0 Å². The summed E-state index contributed by atoms with van der Waals surface area (Å²) in [4.78, 5) is 1.24. The van der Waals surface area contributed by atoms with Gasteiger partial charge in [0, 0.05) is 16.7 Å². The first-order valence-electron chi connectivity index (χ1n) is 4.83. The van der Waals surface area contributed by atoms with Gasteiger partial charge in [-0.1, -0.05) is 0 Å². The molecule has 0 aliphatic heterocycles. The smallest absolute Gasteiger partial charge is 0.119 e. The van der Waals surface area contributed by atoms with Gasteiger partial charge < -0.3 is 10.5 Å². The van der Waals surface area contributed by atoms with Crippen LogP contribution >= 0.6 is 11.8 Å². The van der Waals surface area contributed by atoms with Crippen LogP contribution in [0.1, 0.15) is 13.8 Å². The fourth-order valence-corrected chi connectivity index (χ4v) is 1.81. The molecule has 0 spiro atoms. The van der Waals surface area contributed by atoms with Gasteiger partial charge in [-0.05, 0) is 38.1 Å². The molecule has 1 rings (SSSR count). The van der Waals surface area contributed by atoms with Gasteiger partial charge in [-0.2, -0.15) is 0 Å². The molecule has 1 atom stereocenters. The molecule has 0 aliphatic carbocycles. The Labute approximate surface area is 89.8 Å². The predicted octanol–water partition coefficient (Wildman–Crippen LogP) is 2.52. The fraction of sp³-hybridized carbons (Fsp3) is 0.455. The minimum absolute atomic E-state index is 0.242. The first kappa shape index (κ1) is 11.4. The van der Waals surface area contributed by atoms with Crippen molar-refractivity contribution >= 4 is 11.8 Å². The number of thioether (sulfide) groups is 1. The van der Waals surface area contributed by atoms with Crippen LogP contribution in [0.5, 0.6) is 5.75 Å². The summed E-state index contributed by atoms with van der Waals surface area (Å²) >= 11 is 1.77. The highest BCUT2D eigenvalue weighted by Gasteiger charge is 1.98. The lowest BCUT2D eigenvalue weighted by atomic mass is 10.3. The Bertz CT molecular complexity index is 258. The van der Waals surface area contributed by atoms with Gasteiger partial charge in [0.25, 0.3) is 0 Å². The molecule has 1 aromatic carbocycles. The zero-order valence-corrected chi connectivity index (χ0v) is 9.51. The van der Waals surface area contributed by atoms with E-state index >= 15 is 0 Å². The SMILES string of the molecule is CCOc1ccc(SCC(C)N)cc1. The van der Waals surface area contributed by atoms with Crippen molar-refractivity contribution < 1.29 is 4.74 Å². The molecule has 1 aromatic rings. The number of nitrogens with two attached hydrogens (primary N) is 1. The zero-order valence-electron chi connectivity index (χ0n) is 8.69. The second-order valence-corrected chi connectivity index (χ2v) is 4.29. The van der Waals surface area contributed by atoms with E-state index in [0.29, 0.717) is 6.61 Å². The van der Waals surface area contributed by atoms with Crippen molar-refractivity contribution in [2.75, 3.05) is 12.4 Å². The highest BCUT2D eigenvalue weighted by molar-refractivity contribution is 7.99. The highest BCUT2D eigenvalue weighted by atomic mass is 32.2. The summed E-state index contributed by atoms with van der Waals surface area (Å²) in [6.45, 7) is 4.71. The number of rotatable bonds is 5. The van der Waals surface area contributed by atoms with Crippen molar-refractivity contribution in [3.8, 4) is 5.75 Å². The van der Waals surface area contributed by atoms with Gasteiger partial charge in [-0.3, -0.25) is 0 Å². The maximum absolute atomic E-state index is 5.67. The number of hydrogen-bond donors (Lipinski definition) is 1. The van der Waals surface area contributed by atoms with Gasteiger partial charge in [-0.15, -0.1) is 11.8 Å². The van der Waals surface area contributed by atoms with E-state index in [0.717, 1.165) is 11.5 Å². The lowest BCUT2D eigenvalue weighted by Gasteiger charge is -2.06. The van der Waals surface area contributed by atoms with Crippen LogP contribution in [0.25, 0.3) is 0 Å². The van der Waals surface area contributed by atoms with Crippen molar-refractivity contribution in [2.45, 2.75) is 24.8 Å². The van der Waals surface area contributed by atoms with Crippen molar-refractivity contribution in [3.05, 3.63) is 24.3 Å². The molecule has 0 aliphatic rings. The molecule has 78 valence electrons. The van der Waals surface area contributed by atoms with E-state index in [1.54, 1.807) is 11.8 Å². The average molecular weight is 211 g/mol. The summed E-state index contributed by atoms with van der Waals surface area (Å²) < 4.78 is 5.35. The van der Waals surface area contributed by atoms with E-state index in [1.807, 2.05) is 26.0 Å². The number of hydrogen-bond acceptors (Lipinski definition) is 3. The summed E-state index contributed by atoms with van der Waals surface area (Å²) in [5, 5.41) is 0. The first-order valence-corrected chi connectivity index (χ1v) is 5.82. The Morgan fingerprint density at radius 1 is 1.36 bits per heavy atom. The molecular formula is C11H17NOS. The zero-order chi connectivity index (χ0) is 10.4. The first-order chi connectivity index (χ1) is 6.72. The van der Waals surface area contributed by atoms with Crippen LogP contribution in [0.2, 0.25) is 0 Å². The molecule has 0 fully saturated rings. The molecule has 0 amide bonds. The van der Waals surface area contributed by atoms with Gasteiger partial charge in [-0.25, -0.2) is 0 Å². The molecule has 3 heteroatoms. The predicted molar refractivity (Wildman–Crippen MR) is 62.0 cm³/mol. The van der Waals surface area contributed by atoms with Crippen molar-refractivity contribution in [1.29, 1.82) is 0 Å². The Morgan fingerprint density at radius 2 is 2.00 bits per heavy atom. The Kier molecular flexibility index (Phi) is 4.84. The number of benzene rings is 1. The van der Waals surface area contributed by atoms with Crippen LogP contribution in [0, 0.1) is 0 Å². The van der Waals surface area contributed by atoms with E-state index in [-0.39, 0.29) is 6.04 Å². The minimum Gasteiger partial charge on any atom is -0.494 e. The third-order valence-corrected chi connectivity index (χ3v) is 2.95. The van der Waals surface area contributed by atoms with Crippen LogP contribution in [0.4, 0.5) is 0 Å². The maximum atomic E-state index is 5.67. The summed E-state index contributed by atoms with van der Waals surface area (Å²) in [6.07, 6.45) is 0. The van der Waals surface area contributed by atoms with E-state index < -0.39 is 0 Å². The van der Waals surface area contributed by atoms with Gasteiger partial charge >= 0.3 is 0 Å². The molecule has 0 saturated carbocycles. The maximum Gasteiger partial charge on any atom is 0.119 e. The lowest BCUT2D eigenvalue weighted by molar-refractivity contribution is 0.340. The average Bonchev–Trinajstić information content (AvgIpc) is 2.17. The topological polar surface area (TPSA) is 35.2 Å². The fourth-order valence-electron chi connectivity index (χ4n) is 1.03. The number of ether oxygens (including phenoxy) is 1. The van der Waals surface area contributed by atoms with Crippen LogP contribution in [-0.4, -0.2) is 18.4 Å². The van der Waals surface area contributed by atoms with E-state index in [2.05, 4.69) is 12.1 Å². The summed E-state index contributed by atoms with van der Waals surface area (Å²) in [7, 11) is 0. The van der Waals surface area contributed by atoms with Crippen molar-refractivity contribution in [3.63, 3.8) is 0 Å². The summed E-state index contributed by atoms with van der Waals surface area (Å²) in [5.74, 6) is 1.88. The van der Waals surface area contributed by atoms with Crippen molar-refractivity contribution in [2.24, 2.45) is 5.73 Å². The molecule has 0 radical (unpaired) electrons. The van der Waals surface area contributed by atoms with Crippen molar-refractivity contribution in [1.82, 2.24) is 0 Å². The molecule has 1 unspecified atom stereocenters. The van der Waals surface area contributed by atoms with Crippen LogP contribution in [0.3, 0.4) is 0 Å². The molecular weight excluding hydrogens is 194 g/mol. The second kappa shape index (κ2) is 5.94. The molecule has 0 heterocycles. The van der Waals surface area contributed by atoms with E-state index in [4.69, 9.17) is 10.5 Å². The van der Waals surface area contributed by atoms with Gasteiger partial charge in [0.15, 0.2) is 0 Å². The normalized spacial score (nSPS) is 12.5. The van der Waals surface area contributed by atoms with Crippen LogP contribution in [-0.2, 0) is 0 Å². The Morgan fingerprint density at radius 3 is 2.50 bits per heavy atom. The molecule has 0 bridgehead atoms. The molecule has 0 saturated heterocycles. The summed E-state index contributed by atoms with van der Waals surface area (Å²) in [6, 6.07) is 8.36. The van der Waals surface area contributed by atoms with Crippen LogP contribution < -0.4 is 10.5 Å². The third kappa shape index (κ3) is 4.03. The quantitative estimate of drug-likeness (QED) is 0.760. The Hall–Kier alpha value is -0.670. The third-order valence-electron chi connectivity index (χ3n) is 1.65. The second-order valence-electron chi connectivity index (χ2n) is 3.19. The minimum atomic E-state index is 0.242. The van der Waals surface area contributed by atoms with Gasteiger partial charge in [0.1, 0.15) is 5.75 Å². The van der Waals surface area contributed by atoms with Gasteiger partial charge in [0.05, 0.1) is 6.61 Å². The molecule has 14 heavy (non-hydrogen) atoms. The van der Waals surface area contributed by atoms with E-state index in [1.165, 1.54) is 4.90 Å². The monoisotopic (exact) mass is 211 g/mol. The molecule has 2 nitrogen and oxygen atoms in total. The lowest BCUT2D eigenvalue weighted by Crippen LogP contribution is -2.17. The van der Waals surface area contributed by atoms with Crippen LogP contribution in [0.15, 0.2) is 29.2 Å².